The number of hydrogen-bond acceptors (Lipinski definition) is 3. The monoisotopic (exact) mass is 332 g/mol. The Labute approximate surface area is 133 Å². The summed E-state index contributed by atoms with van der Waals surface area (Å²) >= 11 is 1.34. The number of fused-ring (bicyclic) bond motifs is 3. The number of hydrogen-bond donors (Lipinski definition) is 1. The predicted octanol–water partition coefficient (Wildman–Crippen LogP) is 3.28. The first-order chi connectivity index (χ1) is 10.6. The fourth-order valence-corrected chi connectivity index (χ4v) is 5.87. The van der Waals surface area contributed by atoms with Crippen LogP contribution >= 0.6 is 11.3 Å². The van der Waals surface area contributed by atoms with E-state index in [-0.39, 0.29) is 0 Å². The lowest BCUT2D eigenvalue weighted by molar-refractivity contribution is 0.392. The molecule has 0 atom stereocenters. The van der Waals surface area contributed by atoms with Crippen LogP contribution in [0.3, 0.4) is 0 Å². The number of benzene rings is 1. The number of nitrogens with zero attached hydrogens (tertiary/aromatic N) is 1. The lowest BCUT2D eigenvalue weighted by Crippen LogP contribution is -2.35. The van der Waals surface area contributed by atoms with Crippen molar-refractivity contribution in [3.05, 3.63) is 52.5 Å². The van der Waals surface area contributed by atoms with E-state index in [9.17, 15) is 8.42 Å². The Morgan fingerprint density at radius 3 is 2.77 bits per heavy atom. The Morgan fingerprint density at radius 2 is 2.00 bits per heavy atom. The molecule has 0 fully saturated rings. The fourth-order valence-electron chi connectivity index (χ4n) is 3.02. The summed E-state index contributed by atoms with van der Waals surface area (Å²) in [6.45, 7) is 2.90. The minimum absolute atomic E-state index is 0.438. The number of H-pyrrole nitrogens is 1. The summed E-state index contributed by atoms with van der Waals surface area (Å²) in [5, 5.41) is 1.12. The molecule has 0 saturated heterocycles. The lowest BCUT2D eigenvalue weighted by atomic mass is 10.1. The molecule has 0 aliphatic carbocycles. The van der Waals surface area contributed by atoms with E-state index in [2.05, 4.69) is 11.1 Å². The molecule has 0 unspecified atom stereocenters. The van der Waals surface area contributed by atoms with Crippen molar-refractivity contribution in [3.63, 3.8) is 0 Å². The average molecular weight is 332 g/mol. The zero-order valence-corrected chi connectivity index (χ0v) is 13.8. The van der Waals surface area contributed by atoms with Crippen molar-refractivity contribution in [2.45, 2.75) is 24.1 Å². The Hall–Kier alpha value is -1.63. The minimum Gasteiger partial charge on any atom is -0.358 e. The van der Waals surface area contributed by atoms with E-state index in [0.717, 1.165) is 33.5 Å². The first-order valence-corrected chi connectivity index (χ1v) is 9.46. The number of nitrogens with one attached hydrogen (secondary N) is 1. The maximum atomic E-state index is 12.8. The molecule has 0 radical (unpaired) electrons. The molecule has 1 aliphatic heterocycles. The van der Waals surface area contributed by atoms with Crippen LogP contribution < -0.4 is 0 Å². The highest BCUT2D eigenvalue weighted by atomic mass is 32.2. The molecule has 0 amide bonds. The van der Waals surface area contributed by atoms with E-state index in [1.807, 2.05) is 31.2 Å². The lowest BCUT2D eigenvalue weighted by Gasteiger charge is -2.25. The summed E-state index contributed by atoms with van der Waals surface area (Å²) in [5.41, 5.74) is 3.35. The van der Waals surface area contributed by atoms with E-state index in [1.54, 1.807) is 10.4 Å². The molecule has 6 heteroatoms. The SMILES string of the molecule is Cc1ccc(S(=O)(=O)N2CCc3[nH]c4ccccc4c3C2)s1. The summed E-state index contributed by atoms with van der Waals surface area (Å²) in [6, 6.07) is 11.6. The molecular formula is C16H16N2O2S2. The van der Waals surface area contributed by atoms with Gasteiger partial charge in [0.25, 0.3) is 10.0 Å². The van der Waals surface area contributed by atoms with Gasteiger partial charge in [-0.05, 0) is 30.7 Å². The molecular weight excluding hydrogens is 316 g/mol. The zero-order valence-electron chi connectivity index (χ0n) is 12.2. The van der Waals surface area contributed by atoms with Gasteiger partial charge in [-0.1, -0.05) is 18.2 Å². The van der Waals surface area contributed by atoms with Gasteiger partial charge in [-0.15, -0.1) is 11.3 Å². The van der Waals surface area contributed by atoms with Crippen LogP contribution in [0.1, 0.15) is 16.1 Å². The first kappa shape index (κ1) is 14.0. The van der Waals surface area contributed by atoms with Crippen molar-refractivity contribution in [1.82, 2.24) is 9.29 Å². The van der Waals surface area contributed by atoms with Crippen molar-refractivity contribution in [2.24, 2.45) is 0 Å². The molecule has 4 rings (SSSR count). The van der Waals surface area contributed by atoms with Crippen LogP contribution in [0.25, 0.3) is 10.9 Å². The van der Waals surface area contributed by atoms with Crippen LogP contribution in [0, 0.1) is 6.92 Å². The van der Waals surface area contributed by atoms with Crippen molar-refractivity contribution in [2.75, 3.05) is 6.54 Å². The second-order valence-corrected chi connectivity index (χ2v) is 9.03. The minimum atomic E-state index is -3.39. The van der Waals surface area contributed by atoms with E-state index < -0.39 is 10.0 Å². The molecule has 1 aromatic carbocycles. The second kappa shape index (κ2) is 4.94. The maximum Gasteiger partial charge on any atom is 0.252 e. The number of aromatic nitrogens is 1. The number of rotatable bonds is 2. The number of aromatic amines is 1. The Kier molecular flexibility index (Phi) is 3.14. The van der Waals surface area contributed by atoms with Gasteiger partial charge >= 0.3 is 0 Å². The normalized spacial score (nSPS) is 16.0. The molecule has 22 heavy (non-hydrogen) atoms. The van der Waals surface area contributed by atoms with E-state index >= 15 is 0 Å². The molecule has 1 aliphatic rings. The Morgan fingerprint density at radius 1 is 1.18 bits per heavy atom. The summed E-state index contributed by atoms with van der Waals surface area (Å²) < 4.78 is 27.6. The van der Waals surface area contributed by atoms with Crippen LogP contribution in [0.15, 0.2) is 40.6 Å². The van der Waals surface area contributed by atoms with Crippen LogP contribution in [-0.4, -0.2) is 24.3 Å². The van der Waals surface area contributed by atoms with Crippen LogP contribution in [0.2, 0.25) is 0 Å². The molecule has 0 spiro atoms. The van der Waals surface area contributed by atoms with Gasteiger partial charge in [-0.25, -0.2) is 8.42 Å². The third kappa shape index (κ3) is 2.10. The quantitative estimate of drug-likeness (QED) is 0.783. The molecule has 0 bridgehead atoms. The van der Waals surface area contributed by atoms with Gasteiger partial charge in [0, 0.05) is 41.0 Å². The van der Waals surface area contributed by atoms with Crippen molar-refractivity contribution >= 4 is 32.3 Å². The van der Waals surface area contributed by atoms with Gasteiger partial charge < -0.3 is 4.98 Å². The van der Waals surface area contributed by atoms with Crippen molar-refractivity contribution in [3.8, 4) is 0 Å². The average Bonchev–Trinajstić information content (AvgIpc) is 3.10. The largest absolute Gasteiger partial charge is 0.358 e. The summed E-state index contributed by atoms with van der Waals surface area (Å²) in [7, 11) is -3.39. The first-order valence-electron chi connectivity index (χ1n) is 7.21. The van der Waals surface area contributed by atoms with E-state index in [1.165, 1.54) is 11.3 Å². The summed E-state index contributed by atoms with van der Waals surface area (Å²) in [4.78, 5) is 4.43. The maximum absolute atomic E-state index is 12.8. The van der Waals surface area contributed by atoms with Gasteiger partial charge in [0.1, 0.15) is 4.21 Å². The highest BCUT2D eigenvalue weighted by Gasteiger charge is 2.30. The fraction of sp³-hybridized carbons (Fsp3) is 0.250. The van der Waals surface area contributed by atoms with Gasteiger partial charge in [0.05, 0.1) is 0 Å². The number of aryl methyl sites for hydroxylation is 1. The highest BCUT2D eigenvalue weighted by Crippen LogP contribution is 2.32. The van der Waals surface area contributed by atoms with Gasteiger partial charge in [-0.2, -0.15) is 4.31 Å². The topological polar surface area (TPSA) is 53.2 Å². The second-order valence-electron chi connectivity index (χ2n) is 5.58. The highest BCUT2D eigenvalue weighted by molar-refractivity contribution is 7.91. The standard InChI is InChI=1S/C16H16N2O2S2/c1-11-6-7-16(21-11)22(19,20)18-9-8-15-13(10-18)12-4-2-3-5-14(12)17-15/h2-7,17H,8-10H2,1H3. The number of sulfonamides is 1. The molecule has 4 nitrogen and oxygen atoms in total. The van der Waals surface area contributed by atoms with Gasteiger partial charge in [0.2, 0.25) is 0 Å². The third-order valence-corrected chi connectivity index (χ3v) is 7.47. The predicted molar refractivity (Wildman–Crippen MR) is 88.7 cm³/mol. The van der Waals surface area contributed by atoms with Crippen LogP contribution in [0.5, 0.6) is 0 Å². The van der Waals surface area contributed by atoms with Gasteiger partial charge in [0.15, 0.2) is 0 Å². The number of para-hydroxylation sites is 1. The summed E-state index contributed by atoms with van der Waals surface area (Å²) in [6.07, 6.45) is 0.730. The van der Waals surface area contributed by atoms with Crippen LogP contribution in [-0.2, 0) is 23.0 Å². The van der Waals surface area contributed by atoms with Crippen LogP contribution in [0.4, 0.5) is 0 Å². The molecule has 2 aromatic heterocycles. The molecule has 3 heterocycles. The molecule has 3 aromatic rings. The van der Waals surface area contributed by atoms with Crippen molar-refractivity contribution < 1.29 is 8.42 Å². The Bertz CT molecular complexity index is 954. The Balaban J connectivity index is 1.75. The molecule has 1 N–H and O–H groups in total. The zero-order chi connectivity index (χ0) is 15.3. The molecule has 114 valence electrons. The van der Waals surface area contributed by atoms with Crippen molar-refractivity contribution in [1.29, 1.82) is 0 Å². The van der Waals surface area contributed by atoms with E-state index in [0.29, 0.717) is 17.3 Å². The third-order valence-electron chi connectivity index (χ3n) is 4.16. The smallest absolute Gasteiger partial charge is 0.252 e. The molecule has 0 saturated carbocycles. The van der Waals surface area contributed by atoms with E-state index in [4.69, 9.17) is 0 Å². The summed E-state index contributed by atoms with van der Waals surface area (Å²) in [5.74, 6) is 0. The van der Waals surface area contributed by atoms with Gasteiger partial charge in [-0.3, -0.25) is 0 Å². The number of thiophene rings is 1.